The summed E-state index contributed by atoms with van der Waals surface area (Å²) in [5.41, 5.74) is -1.22. The van der Waals surface area contributed by atoms with Crippen molar-refractivity contribution in [1.82, 2.24) is 0 Å². The molecule has 0 unspecified atom stereocenters. The van der Waals surface area contributed by atoms with Gasteiger partial charge in [0.25, 0.3) is 5.54 Å². The second-order valence-electron chi connectivity index (χ2n) is 1.63. The van der Waals surface area contributed by atoms with Crippen molar-refractivity contribution < 1.29 is 0 Å². The van der Waals surface area contributed by atoms with Crippen molar-refractivity contribution in [3.63, 3.8) is 0 Å². The zero-order chi connectivity index (χ0) is 6.74. The minimum atomic E-state index is -1.22. The van der Waals surface area contributed by atoms with Crippen LogP contribution in [0.5, 0.6) is 0 Å². The quantitative estimate of drug-likeness (QED) is 0.461. The maximum Gasteiger partial charge on any atom is 0.250 e. The first-order valence-corrected chi connectivity index (χ1v) is 2.38. The third-order valence-electron chi connectivity index (χ3n) is 1.04. The van der Waals surface area contributed by atoms with Gasteiger partial charge in [0.1, 0.15) is 12.1 Å². The van der Waals surface area contributed by atoms with Crippen LogP contribution in [-0.4, -0.2) is 11.8 Å². The highest BCUT2D eigenvalue weighted by molar-refractivity contribution is 5.77. The Bertz CT molecular complexity index is 220. The molecular weight excluding hydrogens is 114 g/mol. The van der Waals surface area contributed by atoms with Gasteiger partial charge in [0.05, 0.1) is 0 Å². The van der Waals surface area contributed by atoms with Gasteiger partial charge in [-0.3, -0.25) is 4.99 Å². The summed E-state index contributed by atoms with van der Waals surface area (Å²) in [4.78, 5) is 3.65. The highest BCUT2D eigenvalue weighted by Gasteiger charge is 2.26. The SMILES string of the molecule is N#CC1(C#N)C=CC=N1. The highest BCUT2D eigenvalue weighted by atomic mass is 14.9. The van der Waals surface area contributed by atoms with Crippen molar-refractivity contribution >= 4 is 6.21 Å². The van der Waals surface area contributed by atoms with Gasteiger partial charge in [-0.05, 0) is 12.2 Å². The molecule has 0 amide bonds. The molecule has 1 heterocycles. The van der Waals surface area contributed by atoms with Crippen LogP contribution in [0.4, 0.5) is 0 Å². The van der Waals surface area contributed by atoms with Gasteiger partial charge < -0.3 is 0 Å². The molecule has 3 heteroatoms. The number of nitriles is 2. The molecule has 1 rings (SSSR count). The van der Waals surface area contributed by atoms with Crippen molar-refractivity contribution in [3.05, 3.63) is 12.2 Å². The lowest BCUT2D eigenvalue weighted by atomic mass is 10.1. The minimum absolute atomic E-state index is 1.22. The molecule has 3 nitrogen and oxygen atoms in total. The Kier molecular flexibility index (Phi) is 1.06. The minimum Gasteiger partial charge on any atom is -0.253 e. The van der Waals surface area contributed by atoms with Gasteiger partial charge in [-0.1, -0.05) is 0 Å². The number of aliphatic imine (C=N–C) groups is 1. The Morgan fingerprint density at radius 1 is 1.33 bits per heavy atom. The molecule has 0 bridgehead atoms. The van der Waals surface area contributed by atoms with Gasteiger partial charge in [-0.25, -0.2) is 0 Å². The summed E-state index contributed by atoms with van der Waals surface area (Å²) >= 11 is 0. The van der Waals surface area contributed by atoms with Crippen LogP contribution < -0.4 is 0 Å². The van der Waals surface area contributed by atoms with E-state index in [1.165, 1.54) is 12.3 Å². The lowest BCUT2D eigenvalue weighted by Gasteiger charge is -1.99. The van der Waals surface area contributed by atoms with Crippen LogP contribution in [0, 0.1) is 22.7 Å². The van der Waals surface area contributed by atoms with E-state index in [0.717, 1.165) is 0 Å². The molecule has 0 saturated carbocycles. The molecule has 0 fully saturated rings. The maximum atomic E-state index is 8.38. The molecule has 1 aliphatic rings. The maximum absolute atomic E-state index is 8.38. The second-order valence-corrected chi connectivity index (χ2v) is 1.63. The fourth-order valence-electron chi connectivity index (χ4n) is 0.543. The summed E-state index contributed by atoms with van der Waals surface area (Å²) in [5, 5.41) is 16.8. The van der Waals surface area contributed by atoms with Crippen LogP contribution in [0.3, 0.4) is 0 Å². The summed E-state index contributed by atoms with van der Waals surface area (Å²) in [6, 6.07) is 3.56. The summed E-state index contributed by atoms with van der Waals surface area (Å²) in [5.74, 6) is 0. The molecule has 42 valence electrons. The number of hydrogen-bond acceptors (Lipinski definition) is 3. The summed E-state index contributed by atoms with van der Waals surface area (Å²) < 4.78 is 0. The fourth-order valence-corrected chi connectivity index (χ4v) is 0.543. The number of rotatable bonds is 0. The third kappa shape index (κ3) is 0.687. The zero-order valence-electron chi connectivity index (χ0n) is 4.57. The van der Waals surface area contributed by atoms with Crippen LogP contribution in [0.1, 0.15) is 0 Å². The van der Waals surface area contributed by atoms with Crippen molar-refractivity contribution in [1.29, 1.82) is 10.5 Å². The molecule has 0 N–H and O–H groups in total. The average molecular weight is 117 g/mol. The number of nitrogens with zero attached hydrogens (tertiary/aromatic N) is 3. The molecule has 0 saturated heterocycles. The molecular formula is C6H3N3. The van der Waals surface area contributed by atoms with Crippen LogP contribution >= 0.6 is 0 Å². The van der Waals surface area contributed by atoms with Gasteiger partial charge in [-0.2, -0.15) is 10.5 Å². The number of allylic oxidation sites excluding steroid dienone is 1. The Hall–Kier alpha value is -1.61. The van der Waals surface area contributed by atoms with Crippen LogP contribution in [0.25, 0.3) is 0 Å². The van der Waals surface area contributed by atoms with Gasteiger partial charge in [0.15, 0.2) is 0 Å². The molecule has 0 aromatic carbocycles. The largest absolute Gasteiger partial charge is 0.253 e. The molecule has 0 radical (unpaired) electrons. The van der Waals surface area contributed by atoms with Crippen LogP contribution in [0.2, 0.25) is 0 Å². The van der Waals surface area contributed by atoms with Crippen LogP contribution in [-0.2, 0) is 0 Å². The van der Waals surface area contributed by atoms with E-state index in [4.69, 9.17) is 10.5 Å². The third-order valence-corrected chi connectivity index (χ3v) is 1.04. The van der Waals surface area contributed by atoms with E-state index in [1.54, 1.807) is 18.2 Å². The van der Waals surface area contributed by atoms with Gasteiger partial charge in [0.2, 0.25) is 0 Å². The molecule has 0 spiro atoms. The predicted octanol–water partition coefficient (Wildman–Crippen LogP) is 0.413. The molecule has 0 aromatic rings. The molecule has 0 aliphatic carbocycles. The lowest BCUT2D eigenvalue weighted by molar-refractivity contribution is 0.879. The monoisotopic (exact) mass is 117 g/mol. The second kappa shape index (κ2) is 1.72. The first kappa shape index (κ1) is 5.53. The Morgan fingerprint density at radius 3 is 2.22 bits per heavy atom. The molecule has 9 heavy (non-hydrogen) atoms. The predicted molar refractivity (Wildman–Crippen MR) is 31.6 cm³/mol. The Labute approximate surface area is 52.5 Å². The first-order valence-electron chi connectivity index (χ1n) is 2.38. The van der Waals surface area contributed by atoms with E-state index in [9.17, 15) is 0 Å². The Balaban J connectivity index is 3.03. The van der Waals surface area contributed by atoms with Gasteiger partial charge >= 0.3 is 0 Å². The Morgan fingerprint density at radius 2 is 2.00 bits per heavy atom. The van der Waals surface area contributed by atoms with E-state index < -0.39 is 5.54 Å². The molecule has 0 aromatic heterocycles. The average Bonchev–Trinajstić information content (AvgIpc) is 2.36. The van der Waals surface area contributed by atoms with E-state index >= 15 is 0 Å². The smallest absolute Gasteiger partial charge is 0.250 e. The lowest BCUT2D eigenvalue weighted by Crippen LogP contribution is -2.14. The first-order chi connectivity index (χ1) is 4.33. The highest BCUT2D eigenvalue weighted by Crippen LogP contribution is 2.13. The van der Waals surface area contributed by atoms with Gasteiger partial charge in [0, 0.05) is 6.21 Å². The van der Waals surface area contributed by atoms with Crippen LogP contribution in [0.15, 0.2) is 17.1 Å². The van der Waals surface area contributed by atoms with Gasteiger partial charge in [-0.15, -0.1) is 0 Å². The topological polar surface area (TPSA) is 59.9 Å². The summed E-state index contributed by atoms with van der Waals surface area (Å²) in [6.07, 6.45) is 4.51. The van der Waals surface area contributed by atoms with Crippen molar-refractivity contribution in [2.45, 2.75) is 5.54 Å². The molecule has 1 aliphatic heterocycles. The van der Waals surface area contributed by atoms with Crippen molar-refractivity contribution in [2.24, 2.45) is 4.99 Å². The van der Waals surface area contributed by atoms with Crippen molar-refractivity contribution in [3.8, 4) is 12.1 Å². The normalized spacial score (nSPS) is 18.9. The number of hydrogen-bond donors (Lipinski definition) is 0. The van der Waals surface area contributed by atoms with E-state index in [1.807, 2.05) is 0 Å². The van der Waals surface area contributed by atoms with E-state index in [-0.39, 0.29) is 0 Å². The molecule has 0 atom stereocenters. The van der Waals surface area contributed by atoms with Crippen molar-refractivity contribution in [2.75, 3.05) is 0 Å². The summed E-state index contributed by atoms with van der Waals surface area (Å²) in [7, 11) is 0. The fraction of sp³-hybridized carbons (Fsp3) is 0.167. The zero-order valence-corrected chi connectivity index (χ0v) is 4.57. The summed E-state index contributed by atoms with van der Waals surface area (Å²) in [6.45, 7) is 0. The van der Waals surface area contributed by atoms with E-state index in [0.29, 0.717) is 0 Å². The van der Waals surface area contributed by atoms with E-state index in [2.05, 4.69) is 4.99 Å². The standard InChI is InChI=1S/C6H3N3/c7-4-6(5-8)2-1-3-9-6/h1-3H.